The highest BCUT2D eigenvalue weighted by Crippen LogP contribution is 2.12. The Bertz CT molecular complexity index is 293. The maximum absolute atomic E-state index is 11.9. The fraction of sp³-hybridized carbons (Fsp3) is 0.800. The number of amides is 3. The summed E-state index contributed by atoms with van der Waals surface area (Å²) in [4.78, 5) is 25.2. The number of rotatable bonds is 5. The van der Waals surface area contributed by atoms with Gasteiger partial charge in [-0.2, -0.15) is 13.2 Å². The number of hydrogen-bond donors (Lipinski definition) is 1. The third-order valence-corrected chi connectivity index (χ3v) is 2.05. The molecule has 0 unspecified atom stereocenters. The average Bonchev–Trinajstić information content (AvgIpc) is 2.23. The van der Waals surface area contributed by atoms with Crippen LogP contribution in [0.3, 0.4) is 0 Å². The lowest BCUT2D eigenvalue weighted by Gasteiger charge is -2.23. The van der Waals surface area contributed by atoms with Crippen LogP contribution in [-0.2, 0) is 4.79 Å². The summed E-state index contributed by atoms with van der Waals surface area (Å²) in [6, 6.07) is -0.885. The smallest absolute Gasteiger partial charge is 0.347 e. The highest BCUT2D eigenvalue weighted by atomic mass is 19.4. The zero-order valence-electron chi connectivity index (χ0n) is 10.7. The highest BCUT2D eigenvalue weighted by Gasteiger charge is 2.29. The van der Waals surface area contributed by atoms with Gasteiger partial charge in [0.25, 0.3) is 0 Å². The third kappa shape index (κ3) is 6.97. The van der Waals surface area contributed by atoms with Crippen molar-refractivity contribution in [2.45, 2.75) is 19.5 Å². The maximum Gasteiger partial charge on any atom is 0.405 e. The maximum atomic E-state index is 11.9. The SMILES string of the molecule is CCCN(CC(=O)N(C)C)C(=O)NCC(F)(F)F. The molecule has 0 aliphatic heterocycles. The normalized spacial score (nSPS) is 11.0. The van der Waals surface area contributed by atoms with Gasteiger partial charge < -0.3 is 15.1 Å². The first-order chi connectivity index (χ1) is 8.17. The molecule has 0 aliphatic carbocycles. The number of alkyl halides is 3. The lowest BCUT2D eigenvalue weighted by molar-refractivity contribution is -0.129. The molecule has 0 aromatic heterocycles. The van der Waals surface area contributed by atoms with E-state index in [1.807, 2.05) is 0 Å². The van der Waals surface area contributed by atoms with Crippen molar-refractivity contribution in [3.8, 4) is 0 Å². The molecule has 8 heteroatoms. The Morgan fingerprint density at radius 1 is 1.22 bits per heavy atom. The Hall–Kier alpha value is -1.47. The molecule has 5 nitrogen and oxygen atoms in total. The van der Waals surface area contributed by atoms with Crippen molar-refractivity contribution in [1.29, 1.82) is 0 Å². The molecule has 18 heavy (non-hydrogen) atoms. The van der Waals surface area contributed by atoms with Crippen LogP contribution in [0, 0.1) is 0 Å². The topological polar surface area (TPSA) is 52.7 Å². The first kappa shape index (κ1) is 16.5. The lowest BCUT2D eigenvalue weighted by Crippen LogP contribution is -2.47. The quantitative estimate of drug-likeness (QED) is 0.811. The van der Waals surface area contributed by atoms with Crippen molar-refractivity contribution in [1.82, 2.24) is 15.1 Å². The molecular formula is C10H18F3N3O2. The molecule has 106 valence electrons. The minimum Gasteiger partial charge on any atom is -0.347 e. The van der Waals surface area contributed by atoms with Crippen LogP contribution in [0.4, 0.5) is 18.0 Å². The van der Waals surface area contributed by atoms with Gasteiger partial charge >= 0.3 is 12.2 Å². The Kier molecular flexibility index (Phi) is 6.50. The van der Waals surface area contributed by atoms with Gasteiger partial charge in [-0.05, 0) is 6.42 Å². The van der Waals surface area contributed by atoms with E-state index in [1.165, 1.54) is 19.0 Å². The van der Waals surface area contributed by atoms with E-state index >= 15 is 0 Å². The van der Waals surface area contributed by atoms with Crippen LogP contribution < -0.4 is 5.32 Å². The Balaban J connectivity index is 4.40. The van der Waals surface area contributed by atoms with E-state index in [4.69, 9.17) is 0 Å². The molecule has 0 saturated carbocycles. The molecular weight excluding hydrogens is 251 g/mol. The van der Waals surface area contributed by atoms with E-state index < -0.39 is 18.8 Å². The number of nitrogens with one attached hydrogen (secondary N) is 1. The number of halogens is 3. The second-order valence-corrected chi connectivity index (χ2v) is 3.98. The summed E-state index contributed by atoms with van der Waals surface area (Å²) in [7, 11) is 3.03. The van der Waals surface area contributed by atoms with Gasteiger partial charge in [0.1, 0.15) is 13.1 Å². The fourth-order valence-corrected chi connectivity index (χ4v) is 1.11. The molecule has 0 aromatic carbocycles. The number of likely N-dealkylation sites (N-methyl/N-ethyl adjacent to an activating group) is 1. The summed E-state index contributed by atoms with van der Waals surface area (Å²) in [6.45, 7) is 0.361. The minimum absolute atomic E-state index is 0.225. The predicted octanol–water partition coefficient (Wildman–Crippen LogP) is 1.06. The van der Waals surface area contributed by atoms with Gasteiger partial charge in [-0.3, -0.25) is 4.79 Å². The zero-order valence-corrected chi connectivity index (χ0v) is 10.7. The molecule has 0 aromatic rings. The Morgan fingerprint density at radius 2 is 1.78 bits per heavy atom. The van der Waals surface area contributed by atoms with E-state index in [9.17, 15) is 22.8 Å². The van der Waals surface area contributed by atoms with Gasteiger partial charge in [-0.25, -0.2) is 4.79 Å². The summed E-state index contributed by atoms with van der Waals surface area (Å²) in [5.41, 5.74) is 0. The van der Waals surface area contributed by atoms with Crippen LogP contribution in [0.5, 0.6) is 0 Å². The van der Waals surface area contributed by atoms with Crippen molar-refractivity contribution in [3.05, 3.63) is 0 Å². The largest absolute Gasteiger partial charge is 0.405 e. The molecule has 0 aliphatic rings. The molecule has 0 saturated heterocycles. The van der Waals surface area contributed by atoms with Gasteiger partial charge in [0.2, 0.25) is 5.91 Å². The van der Waals surface area contributed by atoms with Crippen LogP contribution in [0.2, 0.25) is 0 Å². The van der Waals surface area contributed by atoms with E-state index in [1.54, 1.807) is 12.2 Å². The van der Waals surface area contributed by atoms with Gasteiger partial charge in [-0.1, -0.05) is 6.92 Å². The van der Waals surface area contributed by atoms with Crippen molar-refractivity contribution in [2.75, 3.05) is 33.7 Å². The summed E-state index contributed by atoms with van der Waals surface area (Å²) < 4.78 is 35.8. The number of urea groups is 1. The highest BCUT2D eigenvalue weighted by molar-refractivity contribution is 5.83. The Labute approximate surface area is 104 Å². The van der Waals surface area contributed by atoms with E-state index in [-0.39, 0.29) is 19.0 Å². The van der Waals surface area contributed by atoms with E-state index in [0.29, 0.717) is 6.42 Å². The summed E-state index contributed by atoms with van der Waals surface area (Å²) in [5.74, 6) is -0.342. The lowest BCUT2D eigenvalue weighted by atomic mass is 10.4. The van der Waals surface area contributed by atoms with Gasteiger partial charge in [0, 0.05) is 20.6 Å². The zero-order chi connectivity index (χ0) is 14.3. The van der Waals surface area contributed by atoms with Crippen LogP contribution in [-0.4, -0.2) is 61.6 Å². The fourth-order valence-electron chi connectivity index (χ4n) is 1.11. The second kappa shape index (κ2) is 7.07. The molecule has 0 atom stereocenters. The van der Waals surface area contributed by atoms with Gasteiger partial charge in [0.15, 0.2) is 0 Å². The predicted molar refractivity (Wildman–Crippen MR) is 60.0 cm³/mol. The van der Waals surface area contributed by atoms with Crippen molar-refractivity contribution < 1.29 is 22.8 Å². The number of nitrogens with zero attached hydrogens (tertiary/aromatic N) is 2. The van der Waals surface area contributed by atoms with Crippen LogP contribution in [0.25, 0.3) is 0 Å². The second-order valence-electron chi connectivity index (χ2n) is 3.98. The number of hydrogen-bond acceptors (Lipinski definition) is 2. The summed E-state index contributed by atoms with van der Waals surface area (Å²) in [6.07, 6.45) is -3.90. The minimum atomic E-state index is -4.46. The molecule has 1 N–H and O–H groups in total. The van der Waals surface area contributed by atoms with E-state index in [2.05, 4.69) is 0 Å². The van der Waals surface area contributed by atoms with Crippen LogP contribution >= 0.6 is 0 Å². The standard InChI is InChI=1S/C10H18F3N3O2/c1-4-5-16(6-8(17)15(2)3)9(18)14-7-10(11,12)13/h4-7H2,1-3H3,(H,14,18). The third-order valence-electron chi connectivity index (χ3n) is 2.05. The monoisotopic (exact) mass is 269 g/mol. The summed E-state index contributed by atoms with van der Waals surface area (Å²) in [5, 5.41) is 1.74. The van der Waals surface area contributed by atoms with Crippen LogP contribution in [0.15, 0.2) is 0 Å². The van der Waals surface area contributed by atoms with Gasteiger partial charge in [-0.15, -0.1) is 0 Å². The summed E-state index contributed by atoms with van der Waals surface area (Å²) >= 11 is 0. The number of carbonyl (C=O) groups is 2. The molecule has 0 rings (SSSR count). The molecule has 0 heterocycles. The van der Waals surface area contributed by atoms with E-state index in [0.717, 1.165) is 4.90 Å². The molecule has 0 bridgehead atoms. The van der Waals surface area contributed by atoms with Crippen LogP contribution in [0.1, 0.15) is 13.3 Å². The van der Waals surface area contributed by atoms with Crippen molar-refractivity contribution >= 4 is 11.9 Å². The Morgan fingerprint density at radius 3 is 2.17 bits per heavy atom. The average molecular weight is 269 g/mol. The molecule has 0 fully saturated rings. The molecule has 0 radical (unpaired) electrons. The van der Waals surface area contributed by atoms with Crippen molar-refractivity contribution in [3.63, 3.8) is 0 Å². The molecule has 3 amide bonds. The van der Waals surface area contributed by atoms with Crippen molar-refractivity contribution in [2.24, 2.45) is 0 Å². The first-order valence-corrected chi connectivity index (χ1v) is 5.47. The first-order valence-electron chi connectivity index (χ1n) is 5.47. The number of carbonyl (C=O) groups excluding carboxylic acids is 2. The van der Waals surface area contributed by atoms with Gasteiger partial charge in [0.05, 0.1) is 0 Å². The molecule has 0 spiro atoms.